The van der Waals surface area contributed by atoms with E-state index in [0.717, 1.165) is 0 Å². The summed E-state index contributed by atoms with van der Waals surface area (Å²) >= 11 is 0. The van der Waals surface area contributed by atoms with Crippen molar-refractivity contribution < 1.29 is 35.7 Å². The van der Waals surface area contributed by atoms with Crippen LogP contribution in [0.2, 0.25) is 0 Å². The minimum absolute atomic E-state index is 0. The van der Waals surface area contributed by atoms with E-state index in [4.69, 9.17) is 0 Å². The molecule has 0 fully saturated rings. The molecule has 3 rings (SSSR count). The van der Waals surface area contributed by atoms with Crippen molar-refractivity contribution in [2.24, 2.45) is 0 Å². The molecule has 0 bridgehead atoms. The first-order valence-corrected chi connectivity index (χ1v) is 11.3. The van der Waals surface area contributed by atoms with Gasteiger partial charge in [-0.15, -0.1) is 5.69 Å². The van der Waals surface area contributed by atoms with Crippen molar-refractivity contribution in [3.8, 4) is 0 Å². The van der Waals surface area contributed by atoms with Gasteiger partial charge in [0.05, 0.1) is 9.79 Å². The standard InChI is InChI=1S/C20H19N2O4S2.Li/c1-22(28(25,26)19-13-6-3-7-14-19)16-17-10-8-9-15-20(17)21-27(23,24)18-11-4-2-5-12-18;/h2-15H,16H2,1H3;/q-1;+1. The maximum Gasteiger partial charge on any atom is 1.00 e. The molecule has 9 heteroatoms. The van der Waals surface area contributed by atoms with Crippen LogP contribution in [0.3, 0.4) is 0 Å². The summed E-state index contributed by atoms with van der Waals surface area (Å²) in [6.45, 7) is -0.0127. The summed E-state index contributed by atoms with van der Waals surface area (Å²) in [7, 11) is -6.16. The SMILES string of the molecule is CN(Cc1ccccc1[N-]S(=O)(=O)c1ccccc1)S(=O)(=O)c1ccccc1.[Li+]. The van der Waals surface area contributed by atoms with Crippen LogP contribution in [0.15, 0.2) is 94.7 Å². The summed E-state index contributed by atoms with van der Waals surface area (Å²) in [5.74, 6) is 0. The molecule has 0 aliphatic heterocycles. The molecule has 146 valence electrons. The van der Waals surface area contributed by atoms with Gasteiger partial charge in [0, 0.05) is 13.6 Å². The van der Waals surface area contributed by atoms with Gasteiger partial charge in [0.25, 0.3) is 0 Å². The van der Waals surface area contributed by atoms with Crippen molar-refractivity contribution in [2.45, 2.75) is 16.3 Å². The Morgan fingerprint density at radius 2 is 1.21 bits per heavy atom. The first kappa shape index (κ1) is 23.2. The van der Waals surface area contributed by atoms with Crippen molar-refractivity contribution in [1.82, 2.24) is 4.31 Å². The Bertz CT molecular complexity index is 1150. The molecule has 6 nitrogen and oxygen atoms in total. The van der Waals surface area contributed by atoms with Crippen LogP contribution in [0, 0.1) is 0 Å². The largest absolute Gasteiger partial charge is 1.00 e. The second-order valence-corrected chi connectivity index (χ2v) is 9.73. The topological polar surface area (TPSA) is 85.6 Å². The van der Waals surface area contributed by atoms with Gasteiger partial charge in [-0.05, 0) is 29.8 Å². The predicted octanol–water partition coefficient (Wildman–Crippen LogP) is 0.905. The van der Waals surface area contributed by atoms with E-state index in [1.807, 2.05) is 0 Å². The zero-order valence-corrected chi connectivity index (χ0v) is 17.8. The molecule has 0 radical (unpaired) electrons. The first-order chi connectivity index (χ1) is 13.3. The van der Waals surface area contributed by atoms with E-state index in [9.17, 15) is 16.8 Å². The van der Waals surface area contributed by atoms with Crippen LogP contribution in [0.1, 0.15) is 5.56 Å². The Morgan fingerprint density at radius 1 is 0.724 bits per heavy atom. The molecule has 0 aliphatic rings. The molecule has 0 saturated carbocycles. The minimum atomic E-state index is -3.90. The van der Waals surface area contributed by atoms with E-state index in [-0.39, 0.29) is 40.9 Å². The fourth-order valence-corrected chi connectivity index (χ4v) is 4.82. The molecule has 0 aromatic heterocycles. The van der Waals surface area contributed by atoms with Crippen LogP contribution in [-0.2, 0) is 26.6 Å². The molecule has 0 spiro atoms. The Labute approximate surface area is 183 Å². The molecule has 0 saturated heterocycles. The van der Waals surface area contributed by atoms with Gasteiger partial charge in [0.1, 0.15) is 10.0 Å². The summed E-state index contributed by atoms with van der Waals surface area (Å²) < 4.78 is 55.7. The Morgan fingerprint density at radius 3 is 1.79 bits per heavy atom. The molecule has 0 aliphatic carbocycles. The van der Waals surface area contributed by atoms with E-state index in [0.29, 0.717) is 5.56 Å². The monoisotopic (exact) mass is 422 g/mol. The van der Waals surface area contributed by atoms with Gasteiger partial charge < -0.3 is 4.72 Å². The summed E-state index contributed by atoms with van der Waals surface area (Å²) in [4.78, 5) is 0.249. The van der Waals surface area contributed by atoms with Crippen LogP contribution in [-0.4, -0.2) is 28.2 Å². The van der Waals surface area contributed by atoms with Crippen LogP contribution in [0.25, 0.3) is 4.72 Å². The van der Waals surface area contributed by atoms with E-state index >= 15 is 0 Å². The molecule has 29 heavy (non-hydrogen) atoms. The quantitative estimate of drug-likeness (QED) is 0.530. The third-order valence-electron chi connectivity index (χ3n) is 4.10. The second-order valence-electron chi connectivity index (χ2n) is 6.08. The second kappa shape index (κ2) is 9.61. The summed E-state index contributed by atoms with van der Waals surface area (Å²) in [5, 5.41) is 0. The number of benzene rings is 3. The van der Waals surface area contributed by atoms with Crippen molar-refractivity contribution in [3.05, 3.63) is 95.2 Å². The van der Waals surface area contributed by atoms with E-state index < -0.39 is 20.0 Å². The Balaban J connectivity index is 0.00000300. The summed E-state index contributed by atoms with van der Waals surface area (Å²) in [5.41, 5.74) is 0.700. The molecule has 0 amide bonds. The zero-order chi connectivity index (χ0) is 20.2. The van der Waals surface area contributed by atoms with E-state index in [1.165, 1.54) is 35.6 Å². The molecule has 0 heterocycles. The van der Waals surface area contributed by atoms with Crippen molar-refractivity contribution in [3.63, 3.8) is 0 Å². The van der Waals surface area contributed by atoms with Gasteiger partial charge in [0.2, 0.25) is 10.0 Å². The molecular weight excluding hydrogens is 403 g/mol. The number of sulfonamides is 2. The maximum absolute atomic E-state index is 12.7. The van der Waals surface area contributed by atoms with Crippen LogP contribution < -0.4 is 18.9 Å². The number of hydrogen-bond donors (Lipinski definition) is 0. The fraction of sp³-hybridized carbons (Fsp3) is 0.100. The van der Waals surface area contributed by atoms with Crippen molar-refractivity contribution in [1.29, 1.82) is 0 Å². The average Bonchev–Trinajstić information content (AvgIpc) is 2.70. The molecule has 0 unspecified atom stereocenters. The number of rotatable bonds is 7. The van der Waals surface area contributed by atoms with Crippen molar-refractivity contribution >= 4 is 25.7 Å². The van der Waals surface area contributed by atoms with Crippen LogP contribution in [0.4, 0.5) is 5.69 Å². The average molecular weight is 422 g/mol. The molecule has 3 aromatic carbocycles. The number of hydrogen-bond acceptors (Lipinski definition) is 4. The van der Waals surface area contributed by atoms with Gasteiger partial charge in [-0.3, -0.25) is 0 Å². The smallest absolute Gasteiger partial charge is 0.572 e. The van der Waals surface area contributed by atoms with Crippen LogP contribution >= 0.6 is 0 Å². The molecule has 0 atom stereocenters. The van der Waals surface area contributed by atoms with Crippen molar-refractivity contribution in [2.75, 3.05) is 7.05 Å². The van der Waals surface area contributed by atoms with E-state index in [1.54, 1.807) is 60.7 Å². The molecule has 3 aromatic rings. The fourth-order valence-electron chi connectivity index (χ4n) is 2.61. The Hall–Kier alpha value is -2.08. The first-order valence-electron chi connectivity index (χ1n) is 8.43. The third-order valence-corrected chi connectivity index (χ3v) is 7.22. The normalized spacial score (nSPS) is 11.7. The molecule has 0 N–H and O–H groups in total. The number of nitrogens with zero attached hydrogens (tertiary/aromatic N) is 2. The van der Waals surface area contributed by atoms with Gasteiger partial charge in [-0.25, -0.2) is 16.8 Å². The predicted molar refractivity (Wildman–Crippen MR) is 108 cm³/mol. The van der Waals surface area contributed by atoms with Gasteiger partial charge >= 0.3 is 18.9 Å². The van der Waals surface area contributed by atoms with Crippen LogP contribution in [0.5, 0.6) is 0 Å². The van der Waals surface area contributed by atoms with Gasteiger partial charge in [0.15, 0.2) is 0 Å². The van der Waals surface area contributed by atoms with Gasteiger partial charge in [-0.2, -0.15) is 4.31 Å². The zero-order valence-electron chi connectivity index (χ0n) is 16.1. The maximum atomic E-state index is 12.7. The Kier molecular flexibility index (Phi) is 7.69. The molecular formula is C20H19LiN2O4S2. The van der Waals surface area contributed by atoms with Gasteiger partial charge in [-0.1, -0.05) is 60.7 Å². The third kappa shape index (κ3) is 5.50. The minimum Gasteiger partial charge on any atom is -0.572 e. The summed E-state index contributed by atoms with van der Waals surface area (Å²) in [6.07, 6.45) is 0. The van der Waals surface area contributed by atoms with E-state index in [2.05, 4.69) is 4.72 Å². The summed E-state index contributed by atoms with van der Waals surface area (Å²) in [6, 6.07) is 22.6.